The molecule has 0 saturated carbocycles. The van der Waals surface area contributed by atoms with Crippen LogP contribution >= 0.6 is 0 Å². The van der Waals surface area contributed by atoms with Gasteiger partial charge in [-0.2, -0.15) is 0 Å². The first-order valence-corrected chi connectivity index (χ1v) is 6.25. The second-order valence-corrected chi connectivity index (χ2v) is 4.90. The van der Waals surface area contributed by atoms with Crippen LogP contribution < -0.4 is 16.0 Å². The van der Waals surface area contributed by atoms with Gasteiger partial charge >= 0.3 is 6.01 Å². The lowest BCUT2D eigenvalue weighted by atomic mass is 10.4. The molecular formula is C8H10N6O3S. The van der Waals surface area contributed by atoms with Gasteiger partial charge in [0.05, 0.1) is 5.69 Å². The van der Waals surface area contributed by atoms with E-state index in [0.29, 0.717) is 0 Å². The molecule has 0 fully saturated rings. The fourth-order valence-corrected chi connectivity index (χ4v) is 2.26. The summed E-state index contributed by atoms with van der Waals surface area (Å²) < 4.78 is 31.1. The molecule has 0 amide bonds. The van der Waals surface area contributed by atoms with Crippen LogP contribution in [0.25, 0.3) is 0 Å². The zero-order valence-corrected chi connectivity index (χ0v) is 10.1. The molecule has 0 aliphatic carbocycles. The second kappa shape index (κ2) is 4.58. The maximum absolute atomic E-state index is 12.0. The summed E-state index contributed by atoms with van der Waals surface area (Å²) >= 11 is 0. The van der Waals surface area contributed by atoms with Gasteiger partial charge in [-0.25, -0.2) is 13.1 Å². The minimum Gasteiger partial charge on any atom is -0.408 e. The molecule has 0 aliphatic heterocycles. The predicted molar refractivity (Wildman–Crippen MR) is 61.9 cm³/mol. The van der Waals surface area contributed by atoms with Gasteiger partial charge in [0, 0.05) is 19.3 Å². The van der Waals surface area contributed by atoms with Crippen LogP contribution in [0, 0.1) is 6.92 Å². The highest BCUT2D eigenvalue weighted by molar-refractivity contribution is 7.92. The largest absolute Gasteiger partial charge is 0.408 e. The minimum absolute atomic E-state index is 0.122. The van der Waals surface area contributed by atoms with Gasteiger partial charge in [0.1, 0.15) is 4.90 Å². The molecule has 2 heterocycles. The Labute approximate surface area is 102 Å². The lowest BCUT2D eigenvalue weighted by Crippen LogP contribution is -2.18. The highest BCUT2D eigenvalue weighted by Crippen LogP contribution is 2.21. The third kappa shape index (κ3) is 2.38. The maximum atomic E-state index is 12.0. The van der Waals surface area contributed by atoms with E-state index in [-0.39, 0.29) is 22.5 Å². The SMILES string of the molecule is Cc1nnc(NS(=O)(=O)c2cnccc2NN)o1. The molecule has 4 N–H and O–H groups in total. The summed E-state index contributed by atoms with van der Waals surface area (Å²) in [5.74, 6) is 5.47. The van der Waals surface area contributed by atoms with Crippen molar-refractivity contribution in [2.45, 2.75) is 11.8 Å². The van der Waals surface area contributed by atoms with Crippen LogP contribution in [0.3, 0.4) is 0 Å². The number of hydrogen-bond acceptors (Lipinski definition) is 8. The van der Waals surface area contributed by atoms with Gasteiger partial charge in [0.25, 0.3) is 10.0 Å². The van der Waals surface area contributed by atoms with Crippen molar-refractivity contribution in [3.63, 3.8) is 0 Å². The predicted octanol–water partition coefficient (Wildman–Crippen LogP) is -0.141. The number of aromatic nitrogens is 3. The molecule has 9 nitrogen and oxygen atoms in total. The highest BCUT2D eigenvalue weighted by Gasteiger charge is 2.21. The first-order chi connectivity index (χ1) is 8.53. The zero-order valence-electron chi connectivity index (χ0n) is 9.28. The van der Waals surface area contributed by atoms with Crippen LogP contribution in [0.1, 0.15) is 5.89 Å². The molecule has 0 aromatic carbocycles. The fraction of sp³-hybridized carbons (Fsp3) is 0.125. The number of nitrogen functional groups attached to an aromatic ring is 1. The van der Waals surface area contributed by atoms with Gasteiger partial charge in [-0.05, 0) is 6.07 Å². The van der Waals surface area contributed by atoms with Crippen LogP contribution in [0.5, 0.6) is 0 Å². The topological polar surface area (TPSA) is 136 Å². The Hall–Kier alpha value is -2.20. The Kier molecular flexibility index (Phi) is 3.12. The van der Waals surface area contributed by atoms with Gasteiger partial charge in [0.2, 0.25) is 5.89 Å². The summed E-state index contributed by atoms with van der Waals surface area (Å²) in [6.07, 6.45) is 2.56. The third-order valence-corrected chi connectivity index (χ3v) is 3.32. The number of hydrazine groups is 1. The average molecular weight is 270 g/mol. The lowest BCUT2D eigenvalue weighted by molar-refractivity contribution is 0.534. The molecule has 0 atom stereocenters. The van der Waals surface area contributed by atoms with Crippen molar-refractivity contribution >= 4 is 21.7 Å². The van der Waals surface area contributed by atoms with E-state index in [1.54, 1.807) is 6.92 Å². The molecular weight excluding hydrogens is 260 g/mol. The van der Waals surface area contributed by atoms with Gasteiger partial charge in [-0.1, -0.05) is 5.10 Å². The van der Waals surface area contributed by atoms with E-state index in [9.17, 15) is 8.42 Å². The van der Waals surface area contributed by atoms with E-state index >= 15 is 0 Å². The van der Waals surface area contributed by atoms with E-state index in [1.165, 1.54) is 12.3 Å². The van der Waals surface area contributed by atoms with Crippen molar-refractivity contribution in [2.75, 3.05) is 10.1 Å². The van der Waals surface area contributed by atoms with Gasteiger partial charge in [0.15, 0.2) is 0 Å². The van der Waals surface area contributed by atoms with E-state index in [0.717, 1.165) is 6.20 Å². The number of sulfonamides is 1. The number of pyridine rings is 1. The highest BCUT2D eigenvalue weighted by atomic mass is 32.2. The Balaban J connectivity index is 2.36. The first-order valence-electron chi connectivity index (χ1n) is 4.76. The van der Waals surface area contributed by atoms with Crippen LogP contribution in [0.15, 0.2) is 27.8 Å². The molecule has 0 radical (unpaired) electrons. The third-order valence-electron chi connectivity index (χ3n) is 1.98. The van der Waals surface area contributed by atoms with Crippen LogP contribution in [0.4, 0.5) is 11.7 Å². The number of nitrogens with two attached hydrogens (primary N) is 1. The summed E-state index contributed by atoms with van der Waals surface area (Å²) in [7, 11) is -3.89. The number of aryl methyl sites for hydroxylation is 1. The summed E-state index contributed by atoms with van der Waals surface area (Å²) in [5.41, 5.74) is 2.47. The molecule has 96 valence electrons. The summed E-state index contributed by atoms with van der Waals surface area (Å²) in [6.45, 7) is 1.54. The van der Waals surface area contributed by atoms with Crippen molar-refractivity contribution < 1.29 is 12.8 Å². The number of rotatable bonds is 4. The number of hydrogen-bond donors (Lipinski definition) is 3. The quantitative estimate of drug-likeness (QED) is 0.515. The summed E-state index contributed by atoms with van der Waals surface area (Å²) in [4.78, 5) is 3.60. The van der Waals surface area contributed by atoms with E-state index in [4.69, 9.17) is 10.3 Å². The molecule has 0 saturated heterocycles. The molecule has 2 aromatic rings. The van der Waals surface area contributed by atoms with Crippen LogP contribution in [-0.2, 0) is 10.0 Å². The van der Waals surface area contributed by atoms with Crippen LogP contribution in [-0.4, -0.2) is 23.6 Å². The van der Waals surface area contributed by atoms with Gasteiger partial charge in [-0.15, -0.1) is 5.10 Å². The Morgan fingerprint density at radius 3 is 2.78 bits per heavy atom. The van der Waals surface area contributed by atoms with Crippen molar-refractivity contribution in [2.24, 2.45) is 5.84 Å². The molecule has 2 rings (SSSR count). The lowest BCUT2D eigenvalue weighted by Gasteiger charge is -2.08. The smallest absolute Gasteiger partial charge is 0.329 e. The fourth-order valence-electron chi connectivity index (χ4n) is 1.22. The van der Waals surface area contributed by atoms with E-state index in [2.05, 4.69) is 25.3 Å². The Morgan fingerprint density at radius 1 is 1.39 bits per heavy atom. The van der Waals surface area contributed by atoms with Gasteiger partial charge < -0.3 is 9.84 Å². The van der Waals surface area contributed by atoms with Crippen molar-refractivity contribution in [3.8, 4) is 0 Å². The molecule has 0 bridgehead atoms. The van der Waals surface area contributed by atoms with Crippen LogP contribution in [0.2, 0.25) is 0 Å². The summed E-state index contributed by atoms with van der Waals surface area (Å²) in [5, 5.41) is 7.04. The molecule has 0 aliphatic rings. The number of nitrogens with one attached hydrogen (secondary N) is 2. The zero-order chi connectivity index (χ0) is 13.2. The Bertz CT molecular complexity index is 652. The average Bonchev–Trinajstić information content (AvgIpc) is 2.74. The molecule has 10 heteroatoms. The molecule has 0 spiro atoms. The van der Waals surface area contributed by atoms with E-state index < -0.39 is 10.0 Å². The second-order valence-electron chi connectivity index (χ2n) is 3.25. The summed E-state index contributed by atoms with van der Waals surface area (Å²) in [6, 6.07) is 1.20. The molecule has 0 unspecified atom stereocenters. The van der Waals surface area contributed by atoms with Crippen molar-refractivity contribution in [1.82, 2.24) is 15.2 Å². The van der Waals surface area contributed by atoms with Crippen molar-refractivity contribution in [3.05, 3.63) is 24.4 Å². The maximum Gasteiger partial charge on any atom is 0.329 e. The molecule has 18 heavy (non-hydrogen) atoms. The van der Waals surface area contributed by atoms with Gasteiger partial charge in [-0.3, -0.25) is 10.8 Å². The molecule has 2 aromatic heterocycles. The normalized spacial score (nSPS) is 11.2. The standard InChI is InChI=1S/C8H10N6O3S/c1-5-12-13-8(17-5)14-18(15,16)7-4-10-3-2-6(7)11-9/h2-4H,9H2,1H3,(H,10,11)(H,13,14). The number of anilines is 2. The van der Waals surface area contributed by atoms with Crippen molar-refractivity contribution in [1.29, 1.82) is 0 Å². The Morgan fingerprint density at radius 2 is 2.17 bits per heavy atom. The number of nitrogens with zero attached hydrogens (tertiary/aromatic N) is 3. The van der Waals surface area contributed by atoms with E-state index in [1.807, 2.05) is 0 Å². The minimum atomic E-state index is -3.89. The first kappa shape index (κ1) is 12.3. The monoisotopic (exact) mass is 270 g/mol.